The second kappa shape index (κ2) is 10.2. The molecule has 3 rings (SSSR count). The van der Waals surface area contributed by atoms with Crippen LogP contribution in [0.2, 0.25) is 5.02 Å². The average Bonchev–Trinajstić information content (AvgIpc) is 3.13. The molecule has 0 bridgehead atoms. The summed E-state index contributed by atoms with van der Waals surface area (Å²) in [6.07, 6.45) is 2.74. The van der Waals surface area contributed by atoms with Gasteiger partial charge < -0.3 is 14.7 Å². The summed E-state index contributed by atoms with van der Waals surface area (Å²) in [5, 5.41) is 0.730. The molecule has 0 atom stereocenters. The van der Waals surface area contributed by atoms with Gasteiger partial charge in [-0.1, -0.05) is 30.7 Å². The van der Waals surface area contributed by atoms with Crippen molar-refractivity contribution in [2.24, 2.45) is 0 Å². The first kappa shape index (κ1) is 23.1. The van der Waals surface area contributed by atoms with E-state index in [1.807, 2.05) is 72.9 Å². The predicted molar refractivity (Wildman–Crippen MR) is 128 cm³/mol. The summed E-state index contributed by atoms with van der Waals surface area (Å²) in [4.78, 5) is 24.1. The number of imidazole rings is 1. The van der Waals surface area contributed by atoms with Crippen molar-refractivity contribution in [3.63, 3.8) is 0 Å². The molecule has 1 amide bonds. The third kappa shape index (κ3) is 5.38. The molecule has 0 aliphatic rings. The SMILES string of the molecule is CCc1nc2ccc(C(=O)N(CC)CCN(C)C)cn2c1N(C)Cc1ccc(Cl)cc1. The summed E-state index contributed by atoms with van der Waals surface area (Å²) in [5.74, 6) is 1.06. The Morgan fingerprint density at radius 3 is 2.35 bits per heavy atom. The molecule has 3 aromatic rings. The van der Waals surface area contributed by atoms with Gasteiger partial charge in [-0.05, 0) is 57.3 Å². The van der Waals surface area contributed by atoms with Gasteiger partial charge >= 0.3 is 0 Å². The van der Waals surface area contributed by atoms with E-state index in [4.69, 9.17) is 16.6 Å². The number of hydrogen-bond donors (Lipinski definition) is 0. The summed E-state index contributed by atoms with van der Waals surface area (Å²) >= 11 is 6.03. The quantitative estimate of drug-likeness (QED) is 0.499. The van der Waals surface area contributed by atoms with E-state index in [1.54, 1.807) is 0 Å². The molecule has 0 spiro atoms. The highest BCUT2D eigenvalue weighted by Gasteiger charge is 2.19. The van der Waals surface area contributed by atoms with E-state index in [9.17, 15) is 4.79 Å². The third-order valence-corrected chi connectivity index (χ3v) is 5.68. The molecule has 1 aromatic carbocycles. The molecule has 166 valence electrons. The number of carbonyl (C=O) groups excluding carboxylic acids is 1. The zero-order valence-electron chi connectivity index (χ0n) is 19.1. The van der Waals surface area contributed by atoms with Gasteiger partial charge in [0.2, 0.25) is 0 Å². The first-order valence-corrected chi connectivity index (χ1v) is 11.1. The number of fused-ring (bicyclic) bond motifs is 1. The Morgan fingerprint density at radius 2 is 1.74 bits per heavy atom. The summed E-state index contributed by atoms with van der Waals surface area (Å²) in [6.45, 7) is 7.06. The maximum absolute atomic E-state index is 13.2. The first-order valence-electron chi connectivity index (χ1n) is 10.7. The van der Waals surface area contributed by atoms with Crippen LogP contribution in [0.1, 0.15) is 35.5 Å². The number of anilines is 1. The second-order valence-corrected chi connectivity index (χ2v) is 8.49. The van der Waals surface area contributed by atoms with Crippen LogP contribution in [0.25, 0.3) is 5.65 Å². The van der Waals surface area contributed by atoms with Gasteiger partial charge in [-0.15, -0.1) is 0 Å². The Kier molecular flexibility index (Phi) is 7.57. The zero-order valence-corrected chi connectivity index (χ0v) is 19.9. The third-order valence-electron chi connectivity index (χ3n) is 5.43. The fourth-order valence-corrected chi connectivity index (χ4v) is 3.82. The van der Waals surface area contributed by atoms with Crippen LogP contribution in [0.3, 0.4) is 0 Å². The number of hydrogen-bond acceptors (Lipinski definition) is 4. The number of aromatic nitrogens is 2. The van der Waals surface area contributed by atoms with Crippen LogP contribution in [-0.4, -0.2) is 65.9 Å². The Hall–Kier alpha value is -2.57. The number of halogens is 1. The molecule has 0 saturated carbocycles. The zero-order chi connectivity index (χ0) is 22.5. The number of aryl methyl sites for hydroxylation is 1. The second-order valence-electron chi connectivity index (χ2n) is 8.05. The van der Waals surface area contributed by atoms with Crippen molar-refractivity contribution in [2.45, 2.75) is 26.8 Å². The van der Waals surface area contributed by atoms with Crippen molar-refractivity contribution >= 4 is 29.0 Å². The number of nitrogens with zero attached hydrogens (tertiary/aromatic N) is 5. The van der Waals surface area contributed by atoms with Crippen LogP contribution in [0.5, 0.6) is 0 Å². The molecular formula is C24H32ClN5O. The monoisotopic (exact) mass is 441 g/mol. The average molecular weight is 442 g/mol. The van der Waals surface area contributed by atoms with Crippen LogP contribution < -0.4 is 4.90 Å². The molecule has 6 nitrogen and oxygen atoms in total. The number of carbonyl (C=O) groups is 1. The Morgan fingerprint density at radius 1 is 1.03 bits per heavy atom. The summed E-state index contributed by atoms with van der Waals surface area (Å²) in [5.41, 5.74) is 3.70. The Labute approximate surface area is 190 Å². The largest absolute Gasteiger partial charge is 0.355 e. The van der Waals surface area contributed by atoms with Gasteiger partial charge in [0.25, 0.3) is 5.91 Å². The summed E-state index contributed by atoms with van der Waals surface area (Å²) < 4.78 is 2.04. The van der Waals surface area contributed by atoms with E-state index in [2.05, 4.69) is 23.8 Å². The molecule has 7 heteroatoms. The van der Waals surface area contributed by atoms with Gasteiger partial charge in [0, 0.05) is 44.4 Å². The highest BCUT2D eigenvalue weighted by atomic mass is 35.5. The van der Waals surface area contributed by atoms with Gasteiger partial charge in [0.1, 0.15) is 11.5 Å². The fraction of sp³-hybridized carbons (Fsp3) is 0.417. The highest BCUT2D eigenvalue weighted by molar-refractivity contribution is 6.30. The summed E-state index contributed by atoms with van der Waals surface area (Å²) in [6, 6.07) is 11.7. The minimum atomic E-state index is 0.0457. The molecule has 0 aliphatic carbocycles. The van der Waals surface area contributed by atoms with Crippen LogP contribution in [0, 0.1) is 0 Å². The molecular weight excluding hydrogens is 410 g/mol. The Balaban J connectivity index is 1.93. The smallest absolute Gasteiger partial charge is 0.255 e. The lowest BCUT2D eigenvalue weighted by atomic mass is 10.2. The number of rotatable bonds is 9. The van der Waals surface area contributed by atoms with Crippen LogP contribution in [-0.2, 0) is 13.0 Å². The lowest BCUT2D eigenvalue weighted by Crippen LogP contribution is -2.36. The fourth-order valence-electron chi connectivity index (χ4n) is 3.69. The maximum atomic E-state index is 13.2. The van der Waals surface area contributed by atoms with Crippen molar-refractivity contribution in [1.29, 1.82) is 0 Å². The standard InChI is InChI=1S/C24H32ClN5O/c1-6-21-23(28(5)16-18-8-11-20(25)12-9-18)30-17-19(10-13-22(30)26-21)24(31)29(7-2)15-14-27(3)4/h8-13,17H,6-7,14-16H2,1-5H3. The maximum Gasteiger partial charge on any atom is 0.255 e. The predicted octanol–water partition coefficient (Wildman–Crippen LogP) is 4.21. The molecule has 0 fully saturated rings. The lowest BCUT2D eigenvalue weighted by molar-refractivity contribution is 0.0753. The van der Waals surface area contributed by atoms with Gasteiger partial charge in [-0.3, -0.25) is 9.20 Å². The van der Waals surface area contributed by atoms with Crippen LogP contribution >= 0.6 is 11.6 Å². The van der Waals surface area contributed by atoms with Crippen LogP contribution in [0.4, 0.5) is 5.82 Å². The van der Waals surface area contributed by atoms with E-state index in [0.29, 0.717) is 18.7 Å². The van der Waals surface area contributed by atoms with E-state index < -0.39 is 0 Å². The molecule has 0 aliphatic heterocycles. The number of pyridine rings is 1. The van der Waals surface area contributed by atoms with Gasteiger partial charge in [-0.25, -0.2) is 4.98 Å². The van der Waals surface area contributed by atoms with Crippen molar-refractivity contribution < 1.29 is 4.79 Å². The van der Waals surface area contributed by atoms with E-state index in [1.165, 1.54) is 0 Å². The minimum absolute atomic E-state index is 0.0457. The highest BCUT2D eigenvalue weighted by Crippen LogP contribution is 2.25. The van der Waals surface area contributed by atoms with Gasteiger partial charge in [0.15, 0.2) is 0 Å². The molecule has 0 unspecified atom stereocenters. The molecule has 2 aromatic heterocycles. The van der Waals surface area contributed by atoms with Crippen molar-refractivity contribution in [2.75, 3.05) is 45.7 Å². The van der Waals surface area contributed by atoms with Crippen molar-refractivity contribution in [1.82, 2.24) is 19.2 Å². The van der Waals surface area contributed by atoms with Crippen molar-refractivity contribution in [3.05, 3.63) is 64.4 Å². The molecule has 31 heavy (non-hydrogen) atoms. The first-order chi connectivity index (χ1) is 14.8. The van der Waals surface area contributed by atoms with Gasteiger partial charge in [0.05, 0.1) is 11.3 Å². The van der Waals surface area contributed by atoms with Crippen LogP contribution in [0.15, 0.2) is 42.6 Å². The van der Waals surface area contributed by atoms with E-state index in [-0.39, 0.29) is 5.91 Å². The molecule has 0 N–H and O–H groups in total. The lowest BCUT2D eigenvalue weighted by Gasteiger charge is -2.23. The molecule has 0 radical (unpaired) electrons. The number of benzene rings is 1. The van der Waals surface area contributed by atoms with E-state index >= 15 is 0 Å². The normalized spacial score (nSPS) is 11.3. The van der Waals surface area contributed by atoms with Crippen molar-refractivity contribution in [3.8, 4) is 0 Å². The minimum Gasteiger partial charge on any atom is -0.355 e. The topological polar surface area (TPSA) is 44.1 Å². The van der Waals surface area contributed by atoms with E-state index in [0.717, 1.165) is 47.3 Å². The molecule has 2 heterocycles. The Bertz CT molecular complexity index is 1030. The molecule has 0 saturated heterocycles. The van der Waals surface area contributed by atoms with Gasteiger partial charge in [-0.2, -0.15) is 0 Å². The summed E-state index contributed by atoms with van der Waals surface area (Å²) in [7, 11) is 6.09. The number of likely N-dealkylation sites (N-methyl/N-ethyl adjacent to an activating group) is 2. The number of amides is 1.